The lowest BCUT2D eigenvalue weighted by atomic mass is 10.1. The van der Waals surface area contributed by atoms with Gasteiger partial charge in [0.25, 0.3) is 11.8 Å². The molecule has 8 heteroatoms. The highest BCUT2D eigenvalue weighted by molar-refractivity contribution is 5.96. The minimum absolute atomic E-state index is 0.243. The third-order valence-corrected chi connectivity index (χ3v) is 4.76. The molecule has 0 bridgehead atoms. The molecule has 0 aliphatic rings. The molecule has 0 saturated heterocycles. The number of hydrogen-bond donors (Lipinski definition) is 3. The number of benzene rings is 3. The molecule has 8 nitrogen and oxygen atoms in total. The highest BCUT2D eigenvalue weighted by Crippen LogP contribution is 2.29. The first-order chi connectivity index (χ1) is 16.1. The van der Waals surface area contributed by atoms with Crippen LogP contribution in [-0.4, -0.2) is 28.2 Å². The molecule has 0 unspecified atom stereocenters. The van der Waals surface area contributed by atoms with Gasteiger partial charge >= 0.3 is 0 Å². The number of anilines is 2. The summed E-state index contributed by atoms with van der Waals surface area (Å²) in [5, 5.41) is 7.27. The Hall–Kier alpha value is -4.59. The average molecular weight is 441 g/mol. The summed E-state index contributed by atoms with van der Waals surface area (Å²) < 4.78 is 7.37. The van der Waals surface area contributed by atoms with Gasteiger partial charge in [0, 0.05) is 30.1 Å². The van der Waals surface area contributed by atoms with Crippen LogP contribution in [0.2, 0.25) is 0 Å². The van der Waals surface area contributed by atoms with Gasteiger partial charge in [0.2, 0.25) is 0 Å². The van der Waals surface area contributed by atoms with Crippen molar-refractivity contribution in [2.24, 2.45) is 7.05 Å². The van der Waals surface area contributed by atoms with Crippen LogP contribution in [-0.2, 0) is 11.8 Å². The molecule has 3 N–H and O–H groups in total. The van der Waals surface area contributed by atoms with Crippen LogP contribution in [0.3, 0.4) is 0 Å². The first-order valence-electron chi connectivity index (χ1n) is 10.3. The summed E-state index contributed by atoms with van der Waals surface area (Å²) >= 11 is 0. The second-order valence-corrected chi connectivity index (χ2v) is 7.26. The van der Waals surface area contributed by atoms with Crippen molar-refractivity contribution in [1.29, 1.82) is 0 Å². The maximum atomic E-state index is 12.5. The van der Waals surface area contributed by atoms with Gasteiger partial charge in [-0.05, 0) is 29.8 Å². The molecule has 0 atom stereocenters. The molecular formula is C25H23N5O3. The molecule has 4 rings (SSSR count). The van der Waals surface area contributed by atoms with Crippen LogP contribution < -0.4 is 20.9 Å². The fourth-order valence-electron chi connectivity index (χ4n) is 3.22. The fraction of sp³-hybridized carbons (Fsp3) is 0.0800. The summed E-state index contributed by atoms with van der Waals surface area (Å²) in [4.78, 5) is 24.7. The number of aryl methyl sites for hydroxylation is 1. The molecule has 3 aromatic carbocycles. The van der Waals surface area contributed by atoms with E-state index in [2.05, 4.69) is 21.3 Å². The molecular weight excluding hydrogens is 418 g/mol. The highest BCUT2D eigenvalue weighted by atomic mass is 16.5. The number of hydrazine groups is 1. The maximum absolute atomic E-state index is 12.5. The zero-order valence-corrected chi connectivity index (χ0v) is 18.0. The summed E-state index contributed by atoms with van der Waals surface area (Å²) in [5.74, 6) is -0.335. The van der Waals surface area contributed by atoms with Crippen LogP contribution in [0.5, 0.6) is 5.75 Å². The van der Waals surface area contributed by atoms with E-state index in [1.165, 1.54) is 0 Å². The number of para-hydroxylation sites is 1. The summed E-state index contributed by atoms with van der Waals surface area (Å²) in [5.41, 5.74) is 8.58. The molecule has 0 spiro atoms. The number of aromatic nitrogens is 2. The highest BCUT2D eigenvalue weighted by Gasteiger charge is 2.11. The van der Waals surface area contributed by atoms with Gasteiger partial charge in [0.05, 0.1) is 11.9 Å². The molecule has 33 heavy (non-hydrogen) atoms. The van der Waals surface area contributed by atoms with Gasteiger partial charge in [-0.1, -0.05) is 54.6 Å². The number of nitrogens with one attached hydrogen (secondary N) is 3. The smallest absolute Gasteiger partial charge is 0.276 e. The van der Waals surface area contributed by atoms with Crippen LogP contribution in [0.1, 0.15) is 10.4 Å². The average Bonchev–Trinajstić information content (AvgIpc) is 3.26. The van der Waals surface area contributed by atoms with Crippen LogP contribution in [0.25, 0.3) is 11.1 Å². The van der Waals surface area contributed by atoms with Gasteiger partial charge in [-0.15, -0.1) is 0 Å². The Morgan fingerprint density at radius 3 is 2.48 bits per heavy atom. The largest absolute Gasteiger partial charge is 0.483 e. The van der Waals surface area contributed by atoms with Crippen molar-refractivity contribution in [3.8, 4) is 16.9 Å². The number of nitrogens with zero attached hydrogens (tertiary/aromatic N) is 2. The van der Waals surface area contributed by atoms with Crippen molar-refractivity contribution < 1.29 is 14.3 Å². The molecule has 4 aromatic rings. The number of ether oxygens (including phenoxy) is 1. The van der Waals surface area contributed by atoms with Crippen molar-refractivity contribution in [2.45, 2.75) is 0 Å². The van der Waals surface area contributed by atoms with Crippen LogP contribution in [0, 0.1) is 0 Å². The van der Waals surface area contributed by atoms with E-state index in [1.54, 1.807) is 35.1 Å². The van der Waals surface area contributed by atoms with Crippen molar-refractivity contribution in [3.63, 3.8) is 0 Å². The van der Waals surface area contributed by atoms with Gasteiger partial charge in [-0.3, -0.25) is 25.1 Å². The van der Waals surface area contributed by atoms with E-state index in [0.717, 1.165) is 22.5 Å². The summed E-state index contributed by atoms with van der Waals surface area (Å²) in [6, 6.07) is 24.2. The van der Waals surface area contributed by atoms with E-state index < -0.39 is 11.8 Å². The molecule has 0 aliphatic carbocycles. The van der Waals surface area contributed by atoms with E-state index in [4.69, 9.17) is 4.74 Å². The Morgan fingerprint density at radius 1 is 0.909 bits per heavy atom. The van der Waals surface area contributed by atoms with E-state index in [-0.39, 0.29) is 6.61 Å². The molecule has 0 fully saturated rings. The van der Waals surface area contributed by atoms with Crippen molar-refractivity contribution >= 4 is 23.2 Å². The summed E-state index contributed by atoms with van der Waals surface area (Å²) in [6.07, 6.45) is 3.51. The van der Waals surface area contributed by atoms with Gasteiger partial charge in [-0.25, -0.2) is 0 Å². The molecule has 0 aliphatic heterocycles. The third kappa shape index (κ3) is 5.76. The Balaban J connectivity index is 1.31. The molecule has 1 heterocycles. The lowest BCUT2D eigenvalue weighted by Crippen LogP contribution is -2.43. The zero-order valence-electron chi connectivity index (χ0n) is 18.0. The minimum atomic E-state index is -0.476. The van der Waals surface area contributed by atoms with E-state index in [9.17, 15) is 9.59 Å². The molecule has 2 amide bonds. The first-order valence-corrected chi connectivity index (χ1v) is 10.3. The SMILES string of the molecule is Cn1cc(Nc2cccc(C(=O)NNC(=O)COc3ccccc3-c3ccccc3)c2)cn1. The third-order valence-electron chi connectivity index (χ3n) is 4.76. The maximum Gasteiger partial charge on any atom is 0.276 e. The van der Waals surface area contributed by atoms with E-state index in [0.29, 0.717) is 11.3 Å². The lowest BCUT2D eigenvalue weighted by Gasteiger charge is -2.12. The van der Waals surface area contributed by atoms with E-state index >= 15 is 0 Å². The first kappa shape index (κ1) is 21.6. The van der Waals surface area contributed by atoms with Crippen molar-refractivity contribution in [2.75, 3.05) is 11.9 Å². The molecule has 166 valence electrons. The Morgan fingerprint density at radius 2 is 1.70 bits per heavy atom. The fourth-order valence-corrected chi connectivity index (χ4v) is 3.22. The van der Waals surface area contributed by atoms with Gasteiger partial charge < -0.3 is 10.1 Å². The minimum Gasteiger partial charge on any atom is -0.483 e. The molecule has 1 aromatic heterocycles. The van der Waals surface area contributed by atoms with Crippen molar-refractivity contribution in [1.82, 2.24) is 20.6 Å². The second kappa shape index (κ2) is 10.1. The lowest BCUT2D eigenvalue weighted by molar-refractivity contribution is -0.123. The van der Waals surface area contributed by atoms with Crippen LogP contribution in [0.4, 0.5) is 11.4 Å². The predicted molar refractivity (Wildman–Crippen MR) is 126 cm³/mol. The second-order valence-electron chi connectivity index (χ2n) is 7.26. The molecule has 0 radical (unpaired) electrons. The van der Waals surface area contributed by atoms with Crippen LogP contribution in [0.15, 0.2) is 91.3 Å². The quantitative estimate of drug-likeness (QED) is 0.380. The van der Waals surface area contributed by atoms with Gasteiger partial charge in [0.1, 0.15) is 5.75 Å². The topological polar surface area (TPSA) is 97.3 Å². The predicted octanol–water partition coefficient (Wildman–Crippen LogP) is 3.67. The Bertz CT molecular complexity index is 1250. The normalized spacial score (nSPS) is 10.3. The number of hydrogen-bond acceptors (Lipinski definition) is 5. The summed E-state index contributed by atoms with van der Waals surface area (Å²) in [6.45, 7) is -0.243. The number of amides is 2. The summed E-state index contributed by atoms with van der Waals surface area (Å²) in [7, 11) is 1.82. The van der Waals surface area contributed by atoms with Gasteiger partial charge in [0.15, 0.2) is 6.61 Å². The van der Waals surface area contributed by atoms with Crippen LogP contribution >= 0.6 is 0 Å². The standard InChI is InChI=1S/C25H23N5O3/c1-30-16-21(15-26-30)27-20-11-7-10-19(14-20)25(32)29-28-24(31)17-33-23-13-6-5-12-22(23)18-8-3-2-4-9-18/h2-16,27H,17H2,1H3,(H,28,31)(H,29,32). The van der Waals surface area contributed by atoms with E-state index in [1.807, 2.05) is 67.8 Å². The number of rotatable bonds is 7. The monoisotopic (exact) mass is 441 g/mol. The number of carbonyl (C=O) groups is 2. The Kier molecular flexibility index (Phi) is 6.65. The van der Waals surface area contributed by atoms with Crippen molar-refractivity contribution in [3.05, 3.63) is 96.8 Å². The Labute approximate surface area is 191 Å². The molecule has 0 saturated carbocycles. The van der Waals surface area contributed by atoms with Gasteiger partial charge in [-0.2, -0.15) is 5.10 Å². The zero-order chi connectivity index (χ0) is 23.0. The number of carbonyl (C=O) groups excluding carboxylic acids is 2.